The van der Waals surface area contributed by atoms with Gasteiger partial charge in [-0.15, -0.1) is 0 Å². The van der Waals surface area contributed by atoms with Crippen LogP contribution in [0.5, 0.6) is 0 Å². The summed E-state index contributed by atoms with van der Waals surface area (Å²) < 4.78 is 0. The first-order valence-corrected chi connectivity index (χ1v) is 4.92. The zero-order valence-electron chi connectivity index (χ0n) is 8.69. The van der Waals surface area contributed by atoms with Crippen LogP contribution in [0.15, 0.2) is 0 Å². The topological polar surface area (TPSA) is 26.0 Å². The summed E-state index contributed by atoms with van der Waals surface area (Å²) in [5, 5.41) is 0. The molecule has 11 heavy (non-hydrogen) atoms. The molecule has 0 bridgehead atoms. The molecule has 0 saturated carbocycles. The summed E-state index contributed by atoms with van der Waals surface area (Å²) in [7, 11) is 0. The minimum atomic E-state index is 0.852. The van der Waals surface area contributed by atoms with Crippen molar-refractivity contribution in [2.45, 2.75) is 53.4 Å². The van der Waals surface area contributed by atoms with Gasteiger partial charge in [0.2, 0.25) is 0 Å². The lowest BCUT2D eigenvalue weighted by Gasteiger charge is -2.04. The van der Waals surface area contributed by atoms with Crippen molar-refractivity contribution in [2.75, 3.05) is 6.54 Å². The first kappa shape index (κ1) is 13.5. The molecule has 0 saturated heterocycles. The molecule has 0 amide bonds. The Labute approximate surface area is 72.4 Å². The second kappa shape index (κ2) is 12.6. The molecular weight excluding hydrogens is 134 g/mol. The van der Waals surface area contributed by atoms with Gasteiger partial charge in [0.25, 0.3) is 0 Å². The lowest BCUT2D eigenvalue weighted by atomic mass is 10.0. The lowest BCUT2D eigenvalue weighted by molar-refractivity contribution is 0.499. The van der Waals surface area contributed by atoms with Gasteiger partial charge in [-0.2, -0.15) is 0 Å². The van der Waals surface area contributed by atoms with Crippen LogP contribution in [0, 0.1) is 5.92 Å². The van der Waals surface area contributed by atoms with E-state index in [2.05, 4.69) is 27.7 Å². The van der Waals surface area contributed by atoms with Crippen molar-refractivity contribution >= 4 is 0 Å². The summed E-state index contributed by atoms with van der Waals surface area (Å²) in [4.78, 5) is 0. The predicted molar refractivity (Wildman–Crippen MR) is 53.7 cm³/mol. The fourth-order valence-electron chi connectivity index (χ4n) is 0.670. The van der Waals surface area contributed by atoms with Crippen molar-refractivity contribution in [1.82, 2.24) is 0 Å². The van der Waals surface area contributed by atoms with Crippen LogP contribution < -0.4 is 5.73 Å². The van der Waals surface area contributed by atoms with E-state index in [-0.39, 0.29) is 0 Å². The second-order valence-electron chi connectivity index (χ2n) is 3.15. The SMILES string of the molecule is CCC.CCC(C)CCCN. The van der Waals surface area contributed by atoms with Gasteiger partial charge in [0, 0.05) is 0 Å². The molecule has 70 valence electrons. The highest BCUT2D eigenvalue weighted by atomic mass is 14.5. The van der Waals surface area contributed by atoms with Crippen molar-refractivity contribution in [3.63, 3.8) is 0 Å². The summed E-state index contributed by atoms with van der Waals surface area (Å²) in [6.07, 6.45) is 5.03. The molecule has 1 nitrogen and oxygen atoms in total. The van der Waals surface area contributed by atoms with Gasteiger partial charge in [-0.25, -0.2) is 0 Å². The Bertz CT molecular complexity index is 52.8. The maximum atomic E-state index is 5.33. The van der Waals surface area contributed by atoms with Gasteiger partial charge in [-0.1, -0.05) is 40.5 Å². The molecule has 0 aromatic heterocycles. The van der Waals surface area contributed by atoms with Crippen molar-refractivity contribution in [3.05, 3.63) is 0 Å². The minimum Gasteiger partial charge on any atom is -0.330 e. The van der Waals surface area contributed by atoms with Crippen LogP contribution in [0.4, 0.5) is 0 Å². The van der Waals surface area contributed by atoms with Crippen molar-refractivity contribution in [1.29, 1.82) is 0 Å². The first-order chi connectivity index (χ1) is 5.22. The third-order valence-corrected chi connectivity index (χ3v) is 1.60. The summed E-state index contributed by atoms with van der Waals surface area (Å²) >= 11 is 0. The molecule has 0 aliphatic heterocycles. The van der Waals surface area contributed by atoms with E-state index in [1.165, 1.54) is 25.7 Å². The van der Waals surface area contributed by atoms with Crippen LogP contribution in [0.1, 0.15) is 53.4 Å². The minimum absolute atomic E-state index is 0.852. The largest absolute Gasteiger partial charge is 0.330 e. The van der Waals surface area contributed by atoms with E-state index in [9.17, 15) is 0 Å². The van der Waals surface area contributed by atoms with E-state index in [4.69, 9.17) is 5.73 Å². The Kier molecular flexibility index (Phi) is 15.5. The summed E-state index contributed by atoms with van der Waals surface area (Å²) in [5.41, 5.74) is 5.33. The normalized spacial score (nSPS) is 11.7. The fourth-order valence-corrected chi connectivity index (χ4v) is 0.670. The van der Waals surface area contributed by atoms with Gasteiger partial charge in [0.15, 0.2) is 0 Å². The summed E-state index contributed by atoms with van der Waals surface area (Å²) in [5.74, 6) is 0.874. The monoisotopic (exact) mass is 159 g/mol. The standard InChI is InChI=1S/C7H17N.C3H8/c1-3-7(2)5-4-6-8;1-3-2/h7H,3-6,8H2,1-2H3;3H2,1-2H3. The van der Waals surface area contributed by atoms with Crippen molar-refractivity contribution in [3.8, 4) is 0 Å². The van der Waals surface area contributed by atoms with Crippen LogP contribution in [0.25, 0.3) is 0 Å². The van der Waals surface area contributed by atoms with Gasteiger partial charge in [0.05, 0.1) is 0 Å². The zero-order valence-corrected chi connectivity index (χ0v) is 8.69. The van der Waals surface area contributed by atoms with E-state index < -0.39 is 0 Å². The van der Waals surface area contributed by atoms with E-state index in [0.29, 0.717) is 0 Å². The van der Waals surface area contributed by atoms with Crippen molar-refractivity contribution < 1.29 is 0 Å². The molecule has 0 radical (unpaired) electrons. The van der Waals surface area contributed by atoms with Gasteiger partial charge < -0.3 is 5.73 Å². The quantitative estimate of drug-likeness (QED) is 0.670. The van der Waals surface area contributed by atoms with Crippen LogP contribution in [-0.2, 0) is 0 Å². The number of rotatable bonds is 4. The highest BCUT2D eigenvalue weighted by Gasteiger charge is 1.94. The molecule has 0 aromatic carbocycles. The molecule has 0 aliphatic rings. The van der Waals surface area contributed by atoms with Crippen LogP contribution in [0.3, 0.4) is 0 Å². The number of nitrogens with two attached hydrogens (primary N) is 1. The van der Waals surface area contributed by atoms with Gasteiger partial charge >= 0.3 is 0 Å². The second-order valence-corrected chi connectivity index (χ2v) is 3.15. The molecule has 0 rings (SSSR count). The molecule has 1 unspecified atom stereocenters. The van der Waals surface area contributed by atoms with Crippen molar-refractivity contribution in [2.24, 2.45) is 11.7 Å². The van der Waals surface area contributed by atoms with Gasteiger partial charge in [-0.05, 0) is 25.3 Å². The maximum absolute atomic E-state index is 5.33. The third-order valence-electron chi connectivity index (χ3n) is 1.60. The number of hydrogen-bond donors (Lipinski definition) is 1. The third kappa shape index (κ3) is 17.8. The molecule has 0 aliphatic carbocycles. The zero-order chi connectivity index (χ0) is 9.11. The Morgan fingerprint density at radius 1 is 1.18 bits per heavy atom. The van der Waals surface area contributed by atoms with Gasteiger partial charge in [-0.3, -0.25) is 0 Å². The van der Waals surface area contributed by atoms with E-state index in [1.54, 1.807) is 0 Å². The number of hydrogen-bond acceptors (Lipinski definition) is 1. The van der Waals surface area contributed by atoms with E-state index in [1.807, 2.05) is 0 Å². The van der Waals surface area contributed by atoms with Crippen LogP contribution in [0.2, 0.25) is 0 Å². The average Bonchev–Trinajstić information content (AvgIpc) is 2.02. The molecule has 2 N–H and O–H groups in total. The lowest BCUT2D eigenvalue weighted by Crippen LogP contribution is -2.01. The Hall–Kier alpha value is -0.0400. The molecule has 1 atom stereocenters. The molecule has 0 aromatic rings. The smallest absolute Gasteiger partial charge is 0.00772 e. The Balaban J connectivity index is 0. The molecule has 0 spiro atoms. The molecular formula is C10H25N. The van der Waals surface area contributed by atoms with Crippen LogP contribution in [-0.4, -0.2) is 6.54 Å². The highest BCUT2D eigenvalue weighted by molar-refractivity contribution is 4.49. The maximum Gasteiger partial charge on any atom is -0.00772 e. The molecule has 0 heterocycles. The Morgan fingerprint density at radius 2 is 1.64 bits per heavy atom. The fraction of sp³-hybridized carbons (Fsp3) is 1.00. The predicted octanol–water partition coefficient (Wildman–Crippen LogP) is 3.19. The molecule has 0 fully saturated rings. The Morgan fingerprint density at radius 3 is 1.91 bits per heavy atom. The van der Waals surface area contributed by atoms with E-state index in [0.717, 1.165) is 12.5 Å². The molecule has 1 heteroatoms. The first-order valence-electron chi connectivity index (χ1n) is 4.92. The van der Waals surface area contributed by atoms with E-state index >= 15 is 0 Å². The summed E-state index contributed by atoms with van der Waals surface area (Å²) in [6, 6.07) is 0. The van der Waals surface area contributed by atoms with Gasteiger partial charge in [0.1, 0.15) is 0 Å². The summed E-state index contributed by atoms with van der Waals surface area (Å²) in [6.45, 7) is 9.60. The van der Waals surface area contributed by atoms with Crippen LogP contribution >= 0.6 is 0 Å². The highest BCUT2D eigenvalue weighted by Crippen LogP contribution is 2.07. The average molecular weight is 159 g/mol.